The molecule has 154 valence electrons. The quantitative estimate of drug-likeness (QED) is 0.820. The maximum absolute atomic E-state index is 13.0. The maximum atomic E-state index is 13.0. The summed E-state index contributed by atoms with van der Waals surface area (Å²) in [6.45, 7) is 5.94. The van der Waals surface area contributed by atoms with E-state index in [1.807, 2.05) is 30.0 Å². The van der Waals surface area contributed by atoms with Crippen molar-refractivity contribution in [2.24, 2.45) is 0 Å². The van der Waals surface area contributed by atoms with Crippen molar-refractivity contribution in [2.45, 2.75) is 44.9 Å². The number of anilines is 1. The van der Waals surface area contributed by atoms with Crippen LogP contribution < -0.4 is 10.2 Å². The van der Waals surface area contributed by atoms with Gasteiger partial charge in [-0.05, 0) is 61.6 Å². The summed E-state index contributed by atoms with van der Waals surface area (Å²) >= 11 is 0. The Balaban J connectivity index is 1.33. The molecule has 2 N–H and O–H groups in total. The molecule has 0 saturated carbocycles. The standard InChI is InChI=1S/C24H31N3O2/c1-18(28)16-25-22-11-14-26(15-12-22)23-8-6-20(7-9-23)24(29)27-13-10-19-4-2-3-5-21(19)17-27/h2-9,18,22,25,28H,10-17H2,1H3. The molecule has 0 bridgehead atoms. The number of carbonyl (C=O) groups is 1. The molecule has 0 radical (unpaired) electrons. The first-order valence-electron chi connectivity index (χ1n) is 10.7. The summed E-state index contributed by atoms with van der Waals surface area (Å²) in [5.41, 5.74) is 4.56. The van der Waals surface area contributed by atoms with Gasteiger partial charge in [0.1, 0.15) is 0 Å². The number of benzene rings is 2. The van der Waals surface area contributed by atoms with E-state index >= 15 is 0 Å². The highest BCUT2D eigenvalue weighted by atomic mass is 16.3. The van der Waals surface area contributed by atoms with Crippen LogP contribution in [0.2, 0.25) is 0 Å². The van der Waals surface area contributed by atoms with Gasteiger partial charge in [0.05, 0.1) is 6.10 Å². The zero-order chi connectivity index (χ0) is 20.2. The van der Waals surface area contributed by atoms with E-state index < -0.39 is 0 Å². The highest BCUT2D eigenvalue weighted by molar-refractivity contribution is 5.94. The van der Waals surface area contributed by atoms with E-state index in [1.165, 1.54) is 16.8 Å². The molecule has 5 heteroatoms. The van der Waals surface area contributed by atoms with E-state index in [4.69, 9.17) is 0 Å². The van der Waals surface area contributed by atoms with Gasteiger partial charge in [0.2, 0.25) is 0 Å². The average Bonchev–Trinajstić information content (AvgIpc) is 2.77. The van der Waals surface area contributed by atoms with Gasteiger partial charge < -0.3 is 20.2 Å². The molecule has 29 heavy (non-hydrogen) atoms. The van der Waals surface area contributed by atoms with Crippen molar-refractivity contribution in [3.05, 3.63) is 65.2 Å². The zero-order valence-electron chi connectivity index (χ0n) is 17.2. The van der Waals surface area contributed by atoms with Crippen LogP contribution in [0.5, 0.6) is 0 Å². The molecule has 1 amide bonds. The minimum atomic E-state index is -0.300. The molecule has 1 atom stereocenters. The molecule has 1 fully saturated rings. The van der Waals surface area contributed by atoms with Crippen LogP contribution in [0.1, 0.15) is 41.3 Å². The fourth-order valence-electron chi connectivity index (χ4n) is 4.35. The Morgan fingerprint density at radius 2 is 1.76 bits per heavy atom. The minimum absolute atomic E-state index is 0.118. The molecule has 2 heterocycles. The van der Waals surface area contributed by atoms with Gasteiger partial charge in [0.25, 0.3) is 5.91 Å². The number of piperidine rings is 1. The number of carbonyl (C=O) groups excluding carboxylic acids is 1. The molecule has 1 unspecified atom stereocenters. The van der Waals surface area contributed by atoms with Crippen molar-refractivity contribution in [3.63, 3.8) is 0 Å². The van der Waals surface area contributed by atoms with Gasteiger partial charge in [-0.2, -0.15) is 0 Å². The molecular weight excluding hydrogens is 362 g/mol. The van der Waals surface area contributed by atoms with Crippen LogP contribution in [0.4, 0.5) is 5.69 Å². The van der Waals surface area contributed by atoms with E-state index in [1.54, 1.807) is 0 Å². The molecule has 2 aromatic rings. The number of aliphatic hydroxyl groups excluding tert-OH is 1. The lowest BCUT2D eigenvalue weighted by molar-refractivity contribution is 0.0734. The number of rotatable bonds is 5. The summed E-state index contributed by atoms with van der Waals surface area (Å²) in [5.74, 6) is 0.118. The maximum Gasteiger partial charge on any atom is 0.254 e. The molecule has 0 aliphatic carbocycles. The normalized spacial score (nSPS) is 18.4. The fraction of sp³-hybridized carbons (Fsp3) is 0.458. The Morgan fingerprint density at radius 3 is 2.45 bits per heavy atom. The molecule has 2 aliphatic rings. The summed E-state index contributed by atoms with van der Waals surface area (Å²) in [7, 11) is 0. The van der Waals surface area contributed by atoms with Gasteiger partial charge >= 0.3 is 0 Å². The molecule has 2 aromatic carbocycles. The number of nitrogens with one attached hydrogen (secondary N) is 1. The third-order valence-electron chi connectivity index (χ3n) is 6.09. The lowest BCUT2D eigenvalue weighted by atomic mass is 9.99. The fourth-order valence-corrected chi connectivity index (χ4v) is 4.35. The van der Waals surface area contributed by atoms with Gasteiger partial charge in [0.15, 0.2) is 0 Å². The summed E-state index contributed by atoms with van der Waals surface area (Å²) < 4.78 is 0. The molecule has 1 saturated heterocycles. The van der Waals surface area contributed by atoms with Crippen LogP contribution in [0, 0.1) is 0 Å². The Morgan fingerprint density at radius 1 is 1.07 bits per heavy atom. The lowest BCUT2D eigenvalue weighted by Crippen LogP contribution is -2.44. The first-order chi connectivity index (χ1) is 14.1. The molecule has 0 spiro atoms. The summed E-state index contributed by atoms with van der Waals surface area (Å²) in [4.78, 5) is 17.3. The van der Waals surface area contributed by atoms with Crippen LogP contribution in [0.25, 0.3) is 0 Å². The Bertz CT molecular complexity index is 826. The van der Waals surface area contributed by atoms with Gasteiger partial charge in [-0.1, -0.05) is 24.3 Å². The Hall–Kier alpha value is -2.37. The smallest absolute Gasteiger partial charge is 0.254 e. The van der Waals surface area contributed by atoms with E-state index in [9.17, 15) is 9.90 Å². The van der Waals surface area contributed by atoms with Gasteiger partial charge in [-0.15, -0.1) is 0 Å². The van der Waals surface area contributed by atoms with Gasteiger partial charge in [0, 0.05) is 50.0 Å². The van der Waals surface area contributed by atoms with Crippen molar-refractivity contribution >= 4 is 11.6 Å². The zero-order valence-corrected chi connectivity index (χ0v) is 17.2. The number of aliphatic hydroxyl groups is 1. The second-order valence-electron chi connectivity index (χ2n) is 8.31. The summed E-state index contributed by atoms with van der Waals surface area (Å²) in [6.07, 6.45) is 2.77. The number of nitrogens with zero attached hydrogens (tertiary/aromatic N) is 2. The summed E-state index contributed by atoms with van der Waals surface area (Å²) in [6, 6.07) is 17.0. The van der Waals surface area contributed by atoms with E-state index in [0.29, 0.717) is 19.1 Å². The highest BCUT2D eigenvalue weighted by Gasteiger charge is 2.23. The largest absolute Gasteiger partial charge is 0.392 e. The minimum Gasteiger partial charge on any atom is -0.392 e. The van der Waals surface area contributed by atoms with E-state index in [2.05, 4.69) is 40.5 Å². The first-order valence-corrected chi connectivity index (χ1v) is 10.7. The second-order valence-corrected chi connectivity index (χ2v) is 8.31. The van der Waals surface area contributed by atoms with Crippen LogP contribution in [-0.4, -0.2) is 54.2 Å². The molecule has 2 aliphatic heterocycles. The number of fused-ring (bicyclic) bond motifs is 1. The number of amides is 1. The Kier molecular flexibility index (Phi) is 6.16. The second kappa shape index (κ2) is 8.97. The van der Waals surface area contributed by atoms with Crippen LogP contribution in [0.3, 0.4) is 0 Å². The van der Waals surface area contributed by atoms with Crippen molar-refractivity contribution in [2.75, 3.05) is 31.1 Å². The molecule has 5 nitrogen and oxygen atoms in total. The Labute approximate surface area is 173 Å². The van der Waals surface area contributed by atoms with Crippen molar-refractivity contribution < 1.29 is 9.90 Å². The predicted octanol–water partition coefficient (Wildman–Crippen LogP) is 2.82. The third-order valence-corrected chi connectivity index (χ3v) is 6.09. The van der Waals surface area contributed by atoms with Crippen molar-refractivity contribution in [3.8, 4) is 0 Å². The molecular formula is C24H31N3O2. The van der Waals surface area contributed by atoms with Crippen molar-refractivity contribution in [1.29, 1.82) is 0 Å². The van der Waals surface area contributed by atoms with E-state index in [-0.39, 0.29) is 12.0 Å². The van der Waals surface area contributed by atoms with E-state index in [0.717, 1.165) is 44.5 Å². The monoisotopic (exact) mass is 393 g/mol. The highest BCUT2D eigenvalue weighted by Crippen LogP contribution is 2.23. The van der Waals surface area contributed by atoms with Gasteiger partial charge in [-0.3, -0.25) is 4.79 Å². The average molecular weight is 394 g/mol. The lowest BCUT2D eigenvalue weighted by Gasteiger charge is -2.34. The topological polar surface area (TPSA) is 55.8 Å². The number of hydrogen-bond donors (Lipinski definition) is 2. The van der Waals surface area contributed by atoms with Crippen LogP contribution >= 0.6 is 0 Å². The van der Waals surface area contributed by atoms with Crippen molar-refractivity contribution in [1.82, 2.24) is 10.2 Å². The molecule has 0 aromatic heterocycles. The molecule has 4 rings (SSSR count). The summed E-state index contributed by atoms with van der Waals surface area (Å²) in [5, 5.41) is 12.9. The SMILES string of the molecule is CC(O)CNC1CCN(c2ccc(C(=O)N3CCc4ccccc4C3)cc2)CC1. The third kappa shape index (κ3) is 4.80. The van der Waals surface area contributed by atoms with Crippen LogP contribution in [0.15, 0.2) is 48.5 Å². The van der Waals surface area contributed by atoms with Gasteiger partial charge in [-0.25, -0.2) is 0 Å². The van der Waals surface area contributed by atoms with Crippen LogP contribution in [-0.2, 0) is 13.0 Å². The predicted molar refractivity (Wildman–Crippen MR) is 116 cm³/mol. The first kappa shape index (κ1) is 19.9. The number of hydrogen-bond acceptors (Lipinski definition) is 4.